The highest BCUT2D eigenvalue weighted by molar-refractivity contribution is 5.88. The number of piperazine rings is 1. The number of fused-ring (bicyclic) bond motifs is 1. The molecular formula is C20H23FN4. The highest BCUT2D eigenvalue weighted by Crippen LogP contribution is 2.30. The summed E-state index contributed by atoms with van der Waals surface area (Å²) in [7, 11) is 0. The number of benzene rings is 1. The smallest absolute Gasteiger partial charge is 0.138 e. The number of H-pyrrole nitrogens is 1. The molecule has 0 aliphatic carbocycles. The van der Waals surface area contributed by atoms with Crippen LogP contribution in [0.3, 0.4) is 0 Å². The zero-order chi connectivity index (χ0) is 17.2. The van der Waals surface area contributed by atoms with E-state index in [-0.39, 0.29) is 5.82 Å². The van der Waals surface area contributed by atoms with Crippen LogP contribution in [-0.4, -0.2) is 52.5 Å². The standard InChI is InChI=1S/C20H23FN4/c1-2-24-10-12-25(13-11-24)14-18-17-4-3-9-22-20(17)23-19(18)15-5-7-16(21)8-6-15/h3-9H,2,10-14H2,1H3,(H,22,23). The maximum Gasteiger partial charge on any atom is 0.138 e. The van der Waals surface area contributed by atoms with E-state index in [9.17, 15) is 4.39 Å². The lowest BCUT2D eigenvalue weighted by atomic mass is 10.0. The van der Waals surface area contributed by atoms with Crippen molar-refractivity contribution in [3.05, 3.63) is 54.0 Å². The summed E-state index contributed by atoms with van der Waals surface area (Å²) in [4.78, 5) is 12.9. The van der Waals surface area contributed by atoms with Gasteiger partial charge >= 0.3 is 0 Å². The van der Waals surface area contributed by atoms with Crippen LogP contribution in [0.15, 0.2) is 42.6 Å². The highest BCUT2D eigenvalue weighted by atomic mass is 19.1. The third-order valence-corrected chi connectivity index (χ3v) is 5.10. The Hall–Kier alpha value is -2.24. The molecule has 4 nitrogen and oxygen atoms in total. The topological polar surface area (TPSA) is 35.2 Å². The first-order valence-electron chi connectivity index (χ1n) is 8.91. The molecule has 0 bridgehead atoms. The Kier molecular flexibility index (Phi) is 4.51. The van der Waals surface area contributed by atoms with E-state index in [0.717, 1.165) is 61.6 Å². The molecule has 1 N–H and O–H groups in total. The number of hydrogen-bond acceptors (Lipinski definition) is 3. The largest absolute Gasteiger partial charge is 0.339 e. The number of rotatable bonds is 4. The first-order valence-corrected chi connectivity index (χ1v) is 8.91. The van der Waals surface area contributed by atoms with E-state index in [4.69, 9.17) is 0 Å². The summed E-state index contributed by atoms with van der Waals surface area (Å²) in [6.07, 6.45) is 1.80. The number of aromatic amines is 1. The molecule has 0 saturated carbocycles. The number of aromatic nitrogens is 2. The van der Waals surface area contributed by atoms with Crippen LogP contribution < -0.4 is 0 Å². The maximum atomic E-state index is 13.3. The Morgan fingerprint density at radius 2 is 1.76 bits per heavy atom. The predicted molar refractivity (Wildman–Crippen MR) is 98.9 cm³/mol. The van der Waals surface area contributed by atoms with Gasteiger partial charge in [-0.25, -0.2) is 9.37 Å². The second-order valence-corrected chi connectivity index (χ2v) is 6.60. The van der Waals surface area contributed by atoms with Gasteiger partial charge in [-0.05, 0) is 48.5 Å². The van der Waals surface area contributed by atoms with Crippen LogP contribution in [0.5, 0.6) is 0 Å². The Bertz CT molecular complexity index is 848. The zero-order valence-corrected chi connectivity index (χ0v) is 14.5. The second-order valence-electron chi connectivity index (χ2n) is 6.60. The molecule has 1 fully saturated rings. The number of likely N-dealkylation sites (N-methyl/N-ethyl adjacent to an activating group) is 1. The minimum atomic E-state index is -0.213. The minimum absolute atomic E-state index is 0.213. The summed E-state index contributed by atoms with van der Waals surface area (Å²) in [5, 5.41) is 1.15. The Morgan fingerprint density at radius 1 is 1.04 bits per heavy atom. The summed E-state index contributed by atoms with van der Waals surface area (Å²) < 4.78 is 13.3. The van der Waals surface area contributed by atoms with E-state index in [0.29, 0.717) is 0 Å². The molecule has 0 atom stereocenters. The number of halogens is 1. The van der Waals surface area contributed by atoms with Gasteiger partial charge in [-0.15, -0.1) is 0 Å². The Balaban J connectivity index is 1.69. The molecule has 2 aromatic heterocycles. The van der Waals surface area contributed by atoms with Gasteiger partial charge < -0.3 is 9.88 Å². The van der Waals surface area contributed by atoms with Crippen molar-refractivity contribution in [1.82, 2.24) is 19.8 Å². The van der Waals surface area contributed by atoms with E-state index in [1.807, 2.05) is 18.2 Å². The molecule has 0 spiro atoms. The zero-order valence-electron chi connectivity index (χ0n) is 14.5. The summed E-state index contributed by atoms with van der Waals surface area (Å²) in [5.41, 5.74) is 4.19. The van der Waals surface area contributed by atoms with Gasteiger partial charge in [0.2, 0.25) is 0 Å². The summed E-state index contributed by atoms with van der Waals surface area (Å²) in [5.74, 6) is -0.213. The van der Waals surface area contributed by atoms with E-state index >= 15 is 0 Å². The third kappa shape index (κ3) is 3.30. The maximum absolute atomic E-state index is 13.3. The van der Waals surface area contributed by atoms with Gasteiger partial charge in [-0.3, -0.25) is 4.90 Å². The van der Waals surface area contributed by atoms with Crippen molar-refractivity contribution in [1.29, 1.82) is 0 Å². The van der Waals surface area contributed by atoms with Gasteiger partial charge in [0, 0.05) is 49.9 Å². The molecule has 130 valence electrons. The van der Waals surface area contributed by atoms with Crippen LogP contribution in [0.1, 0.15) is 12.5 Å². The lowest BCUT2D eigenvalue weighted by Gasteiger charge is -2.34. The van der Waals surface area contributed by atoms with E-state index in [1.165, 1.54) is 17.7 Å². The normalized spacial score (nSPS) is 16.6. The van der Waals surface area contributed by atoms with Crippen LogP contribution in [0, 0.1) is 5.82 Å². The minimum Gasteiger partial charge on any atom is -0.339 e. The lowest BCUT2D eigenvalue weighted by Crippen LogP contribution is -2.45. The van der Waals surface area contributed by atoms with Gasteiger partial charge in [0.05, 0.1) is 5.69 Å². The molecule has 5 heteroatoms. The number of hydrogen-bond donors (Lipinski definition) is 1. The predicted octanol–water partition coefficient (Wildman–Crippen LogP) is 3.51. The molecule has 0 amide bonds. The lowest BCUT2D eigenvalue weighted by molar-refractivity contribution is 0.132. The fourth-order valence-corrected chi connectivity index (χ4v) is 3.59. The van der Waals surface area contributed by atoms with E-state index < -0.39 is 0 Å². The Labute approximate surface area is 147 Å². The third-order valence-electron chi connectivity index (χ3n) is 5.10. The van der Waals surface area contributed by atoms with Gasteiger partial charge in [0.25, 0.3) is 0 Å². The van der Waals surface area contributed by atoms with Gasteiger partial charge in [-0.1, -0.05) is 6.92 Å². The molecule has 25 heavy (non-hydrogen) atoms. The van der Waals surface area contributed by atoms with Gasteiger partial charge in [-0.2, -0.15) is 0 Å². The van der Waals surface area contributed by atoms with Crippen molar-refractivity contribution >= 4 is 11.0 Å². The average Bonchev–Trinajstić information content (AvgIpc) is 3.02. The molecular weight excluding hydrogens is 315 g/mol. The molecule has 3 heterocycles. The summed E-state index contributed by atoms with van der Waals surface area (Å²) in [6.45, 7) is 8.59. The summed E-state index contributed by atoms with van der Waals surface area (Å²) in [6, 6.07) is 10.8. The molecule has 1 aromatic carbocycles. The second kappa shape index (κ2) is 6.94. The summed E-state index contributed by atoms with van der Waals surface area (Å²) >= 11 is 0. The van der Waals surface area contributed by atoms with Crippen molar-refractivity contribution in [2.24, 2.45) is 0 Å². The first-order chi connectivity index (χ1) is 12.2. The molecule has 1 aliphatic rings. The van der Waals surface area contributed by atoms with Crippen molar-refractivity contribution in [3.63, 3.8) is 0 Å². The highest BCUT2D eigenvalue weighted by Gasteiger charge is 2.20. The molecule has 4 rings (SSSR count). The van der Waals surface area contributed by atoms with Crippen molar-refractivity contribution in [3.8, 4) is 11.3 Å². The molecule has 0 radical (unpaired) electrons. The van der Waals surface area contributed by atoms with E-state index in [1.54, 1.807) is 6.20 Å². The van der Waals surface area contributed by atoms with Crippen molar-refractivity contribution < 1.29 is 4.39 Å². The monoisotopic (exact) mass is 338 g/mol. The van der Waals surface area contributed by atoms with Crippen LogP contribution in [0.4, 0.5) is 4.39 Å². The van der Waals surface area contributed by atoms with Crippen molar-refractivity contribution in [2.45, 2.75) is 13.5 Å². The average molecular weight is 338 g/mol. The Morgan fingerprint density at radius 3 is 2.48 bits per heavy atom. The fraction of sp³-hybridized carbons (Fsp3) is 0.350. The molecule has 1 aliphatic heterocycles. The molecule has 1 saturated heterocycles. The van der Waals surface area contributed by atoms with Crippen LogP contribution in [-0.2, 0) is 6.54 Å². The van der Waals surface area contributed by atoms with E-state index in [2.05, 4.69) is 32.8 Å². The molecule has 3 aromatic rings. The fourth-order valence-electron chi connectivity index (χ4n) is 3.59. The van der Waals surface area contributed by atoms with Crippen LogP contribution >= 0.6 is 0 Å². The first kappa shape index (κ1) is 16.2. The SMILES string of the molecule is CCN1CCN(Cc2c(-c3ccc(F)cc3)[nH]c3ncccc23)CC1. The van der Waals surface area contributed by atoms with Crippen LogP contribution in [0.2, 0.25) is 0 Å². The van der Waals surface area contributed by atoms with Gasteiger partial charge in [0.15, 0.2) is 0 Å². The number of nitrogens with zero attached hydrogens (tertiary/aromatic N) is 3. The quantitative estimate of drug-likeness (QED) is 0.791. The number of pyridine rings is 1. The molecule has 0 unspecified atom stereocenters. The van der Waals surface area contributed by atoms with Crippen molar-refractivity contribution in [2.75, 3.05) is 32.7 Å². The van der Waals surface area contributed by atoms with Crippen LogP contribution in [0.25, 0.3) is 22.3 Å². The van der Waals surface area contributed by atoms with Gasteiger partial charge in [0.1, 0.15) is 11.5 Å². The number of nitrogens with one attached hydrogen (secondary N) is 1.